The van der Waals surface area contributed by atoms with Gasteiger partial charge in [-0.1, -0.05) is 0 Å². The third kappa shape index (κ3) is 4.75. The van der Waals surface area contributed by atoms with Crippen LogP contribution >= 0.6 is 0 Å². The molecule has 11 heteroatoms. The van der Waals surface area contributed by atoms with Crippen molar-refractivity contribution in [1.82, 2.24) is 19.9 Å². The Morgan fingerprint density at radius 2 is 1.49 bits per heavy atom. The summed E-state index contributed by atoms with van der Waals surface area (Å²) in [4.78, 5) is 30.4. The number of hydrogen-bond acceptors (Lipinski definition) is 8. The number of carbonyl (C=O) groups excluding carboxylic acids is 2. The van der Waals surface area contributed by atoms with E-state index in [-0.39, 0.29) is 17.2 Å². The average Bonchev–Trinajstić information content (AvgIpc) is 3.33. The number of methoxy groups -OCH3 is 3. The zero-order valence-electron chi connectivity index (χ0n) is 19.9. The van der Waals surface area contributed by atoms with Gasteiger partial charge in [0.1, 0.15) is 5.82 Å². The standard InChI is InChI=1S/C24H26FN5O5/c1-15(31)28-9-11-29(12-10-28)24-21(26-30(27-24)18-7-5-17(25)6-8-18)22(32)16-13-19(33-2)23(35-4)20(14-16)34-3/h5-8,13-14H,9-12H2,1-4H3. The van der Waals surface area contributed by atoms with Crippen LogP contribution in [0.3, 0.4) is 0 Å². The number of amides is 1. The number of ether oxygens (including phenoxy) is 3. The lowest BCUT2D eigenvalue weighted by Crippen LogP contribution is -2.48. The van der Waals surface area contributed by atoms with E-state index >= 15 is 0 Å². The van der Waals surface area contributed by atoms with Crippen LogP contribution in [0, 0.1) is 5.82 Å². The van der Waals surface area contributed by atoms with Crippen molar-refractivity contribution in [2.24, 2.45) is 0 Å². The van der Waals surface area contributed by atoms with Crippen LogP contribution in [-0.2, 0) is 4.79 Å². The predicted molar refractivity (Wildman–Crippen MR) is 125 cm³/mol. The average molecular weight is 484 g/mol. The molecule has 2 heterocycles. The van der Waals surface area contributed by atoms with E-state index in [2.05, 4.69) is 10.2 Å². The van der Waals surface area contributed by atoms with Gasteiger partial charge in [0.15, 0.2) is 23.0 Å². The molecule has 1 fully saturated rings. The molecule has 4 rings (SSSR count). The first-order valence-electron chi connectivity index (χ1n) is 10.9. The maximum absolute atomic E-state index is 13.7. The second-order valence-corrected chi connectivity index (χ2v) is 7.87. The van der Waals surface area contributed by atoms with E-state index in [4.69, 9.17) is 14.2 Å². The van der Waals surface area contributed by atoms with Crippen molar-refractivity contribution in [3.05, 3.63) is 53.5 Å². The van der Waals surface area contributed by atoms with Gasteiger partial charge in [0.05, 0.1) is 27.0 Å². The molecule has 35 heavy (non-hydrogen) atoms. The zero-order chi connectivity index (χ0) is 25.1. The Bertz CT molecular complexity index is 1210. The van der Waals surface area contributed by atoms with Crippen LogP contribution in [0.5, 0.6) is 17.2 Å². The molecule has 1 aromatic heterocycles. The molecule has 1 saturated heterocycles. The molecule has 184 valence electrons. The zero-order valence-corrected chi connectivity index (χ0v) is 19.9. The van der Waals surface area contributed by atoms with E-state index < -0.39 is 11.6 Å². The summed E-state index contributed by atoms with van der Waals surface area (Å²) in [5.41, 5.74) is 0.883. The van der Waals surface area contributed by atoms with Gasteiger partial charge in [0, 0.05) is 38.7 Å². The SMILES string of the molecule is COc1cc(C(=O)c2nn(-c3ccc(F)cc3)nc2N2CCN(C(C)=O)CC2)cc(OC)c1OC. The largest absolute Gasteiger partial charge is 0.493 e. The molecule has 0 saturated carbocycles. The highest BCUT2D eigenvalue weighted by Crippen LogP contribution is 2.39. The Morgan fingerprint density at radius 1 is 0.886 bits per heavy atom. The number of ketones is 1. The number of anilines is 1. The van der Waals surface area contributed by atoms with E-state index in [1.54, 1.807) is 17.0 Å². The number of aromatic nitrogens is 3. The van der Waals surface area contributed by atoms with E-state index in [1.807, 2.05) is 4.90 Å². The first kappa shape index (κ1) is 24.0. The van der Waals surface area contributed by atoms with Crippen LogP contribution in [0.15, 0.2) is 36.4 Å². The highest BCUT2D eigenvalue weighted by atomic mass is 19.1. The van der Waals surface area contributed by atoms with Crippen LogP contribution in [0.25, 0.3) is 5.69 Å². The summed E-state index contributed by atoms with van der Waals surface area (Å²) in [6.45, 7) is 3.49. The quantitative estimate of drug-likeness (QED) is 0.473. The van der Waals surface area contributed by atoms with Gasteiger partial charge in [-0.2, -0.15) is 0 Å². The maximum Gasteiger partial charge on any atom is 0.219 e. The Balaban J connectivity index is 1.77. The summed E-state index contributed by atoms with van der Waals surface area (Å²) < 4.78 is 29.6. The van der Waals surface area contributed by atoms with Gasteiger partial charge in [-0.05, 0) is 36.4 Å². The lowest BCUT2D eigenvalue weighted by Gasteiger charge is -2.34. The fraction of sp³-hybridized carbons (Fsp3) is 0.333. The van der Waals surface area contributed by atoms with Crippen molar-refractivity contribution < 1.29 is 28.2 Å². The minimum Gasteiger partial charge on any atom is -0.493 e. The van der Waals surface area contributed by atoms with Crippen LogP contribution < -0.4 is 19.1 Å². The van der Waals surface area contributed by atoms with E-state index in [1.165, 1.54) is 57.3 Å². The predicted octanol–water partition coefficient (Wildman–Crippen LogP) is 2.33. The number of hydrogen-bond donors (Lipinski definition) is 0. The van der Waals surface area contributed by atoms with Gasteiger partial charge >= 0.3 is 0 Å². The van der Waals surface area contributed by atoms with Crippen molar-refractivity contribution in [3.8, 4) is 22.9 Å². The number of carbonyl (C=O) groups is 2. The summed E-state index contributed by atoms with van der Waals surface area (Å²) >= 11 is 0. The third-order valence-electron chi connectivity index (χ3n) is 5.82. The van der Waals surface area contributed by atoms with Gasteiger partial charge in [-0.3, -0.25) is 9.59 Å². The lowest BCUT2D eigenvalue weighted by atomic mass is 10.1. The van der Waals surface area contributed by atoms with Crippen molar-refractivity contribution in [3.63, 3.8) is 0 Å². The number of piperazine rings is 1. The number of nitrogens with zero attached hydrogens (tertiary/aromatic N) is 5. The van der Waals surface area contributed by atoms with E-state index in [0.29, 0.717) is 54.9 Å². The van der Waals surface area contributed by atoms with Gasteiger partial charge in [-0.15, -0.1) is 15.0 Å². The summed E-state index contributed by atoms with van der Waals surface area (Å²) in [5, 5.41) is 9.03. The van der Waals surface area contributed by atoms with Gasteiger partial charge in [0.2, 0.25) is 17.4 Å². The van der Waals surface area contributed by atoms with Crippen LogP contribution in [0.2, 0.25) is 0 Å². The molecule has 0 atom stereocenters. The highest BCUT2D eigenvalue weighted by molar-refractivity contribution is 6.11. The van der Waals surface area contributed by atoms with E-state index in [0.717, 1.165) is 0 Å². The Hall–Kier alpha value is -4.15. The van der Waals surface area contributed by atoms with E-state index in [9.17, 15) is 14.0 Å². The van der Waals surface area contributed by atoms with Gasteiger partial charge < -0.3 is 24.0 Å². The van der Waals surface area contributed by atoms with Crippen molar-refractivity contribution in [2.45, 2.75) is 6.92 Å². The molecule has 1 aliphatic rings. The first-order chi connectivity index (χ1) is 16.9. The normalized spacial score (nSPS) is 13.5. The second-order valence-electron chi connectivity index (χ2n) is 7.87. The summed E-state index contributed by atoms with van der Waals surface area (Å²) in [6, 6.07) is 8.76. The molecule has 0 bridgehead atoms. The summed E-state index contributed by atoms with van der Waals surface area (Å²) in [6.07, 6.45) is 0. The molecule has 10 nitrogen and oxygen atoms in total. The molecule has 0 unspecified atom stereocenters. The van der Waals surface area contributed by atoms with Crippen molar-refractivity contribution in [1.29, 1.82) is 0 Å². The molecule has 0 aliphatic carbocycles. The topological polar surface area (TPSA) is 99.0 Å². The third-order valence-corrected chi connectivity index (χ3v) is 5.82. The molecular formula is C24H26FN5O5. The first-order valence-corrected chi connectivity index (χ1v) is 10.9. The molecule has 3 aromatic rings. The maximum atomic E-state index is 13.7. The smallest absolute Gasteiger partial charge is 0.219 e. The van der Waals surface area contributed by atoms with Gasteiger partial charge in [-0.25, -0.2) is 4.39 Å². The number of rotatable bonds is 7. The molecule has 0 spiro atoms. The van der Waals surface area contributed by atoms with Crippen molar-refractivity contribution in [2.75, 3.05) is 52.4 Å². The fourth-order valence-electron chi connectivity index (χ4n) is 3.93. The Kier molecular flexibility index (Phi) is 6.85. The Morgan fingerprint density at radius 3 is 2.00 bits per heavy atom. The van der Waals surface area contributed by atoms with Gasteiger partial charge in [0.25, 0.3) is 0 Å². The monoisotopic (exact) mass is 483 g/mol. The van der Waals surface area contributed by atoms with Crippen LogP contribution in [-0.4, -0.2) is 79.1 Å². The Labute approximate surface area is 201 Å². The highest BCUT2D eigenvalue weighted by Gasteiger charge is 2.29. The fourth-order valence-corrected chi connectivity index (χ4v) is 3.93. The summed E-state index contributed by atoms with van der Waals surface area (Å²) in [5.74, 6) is 0.596. The molecule has 0 N–H and O–H groups in total. The second kappa shape index (κ2) is 10.00. The molecule has 2 aromatic carbocycles. The summed E-state index contributed by atoms with van der Waals surface area (Å²) in [7, 11) is 4.42. The molecular weight excluding hydrogens is 457 g/mol. The number of halogens is 1. The molecule has 0 radical (unpaired) electrons. The van der Waals surface area contributed by atoms with Crippen molar-refractivity contribution >= 4 is 17.5 Å². The number of benzene rings is 2. The van der Waals surface area contributed by atoms with Crippen LogP contribution in [0.4, 0.5) is 10.2 Å². The minimum absolute atomic E-state index is 0.00617. The molecule has 1 amide bonds. The minimum atomic E-state index is -0.401. The lowest BCUT2D eigenvalue weighted by molar-refractivity contribution is -0.129. The van der Waals surface area contributed by atoms with Crippen LogP contribution in [0.1, 0.15) is 23.0 Å². The molecule has 1 aliphatic heterocycles.